The number of aromatic nitrogens is 5. The minimum atomic E-state index is -0.0629. The molecule has 0 aliphatic rings. The second kappa shape index (κ2) is 6.81. The van der Waals surface area contributed by atoms with Gasteiger partial charge in [0.1, 0.15) is 11.5 Å². The van der Waals surface area contributed by atoms with Crippen molar-refractivity contribution in [1.82, 2.24) is 24.6 Å². The van der Waals surface area contributed by atoms with E-state index in [0.29, 0.717) is 16.6 Å². The molecule has 8 heteroatoms. The first kappa shape index (κ1) is 16.0. The van der Waals surface area contributed by atoms with Gasteiger partial charge in [-0.05, 0) is 30.5 Å². The highest BCUT2D eigenvalue weighted by molar-refractivity contribution is 7.98. The molecule has 4 aromatic rings. The van der Waals surface area contributed by atoms with Crippen molar-refractivity contribution in [2.75, 3.05) is 0 Å². The first-order valence-electron chi connectivity index (χ1n) is 7.74. The third-order valence-electron chi connectivity index (χ3n) is 3.72. The lowest BCUT2D eigenvalue weighted by atomic mass is 10.3. The fourth-order valence-corrected chi connectivity index (χ4v) is 3.99. The second-order valence-electron chi connectivity index (χ2n) is 5.56. The number of aryl methyl sites for hydroxylation is 1. The second-order valence-corrected chi connectivity index (χ2v) is 7.53. The quantitative estimate of drug-likeness (QED) is 0.547. The Labute approximate surface area is 152 Å². The molecule has 0 amide bonds. The number of aromatic amines is 1. The highest BCUT2D eigenvalue weighted by atomic mass is 32.2. The number of nitrogens with zero attached hydrogens (tertiary/aromatic N) is 4. The summed E-state index contributed by atoms with van der Waals surface area (Å²) in [6.45, 7) is 1.90. The predicted octanol–water partition coefficient (Wildman–Crippen LogP) is 3.07. The van der Waals surface area contributed by atoms with Crippen LogP contribution in [0.15, 0.2) is 51.7 Å². The van der Waals surface area contributed by atoms with Crippen LogP contribution in [0, 0.1) is 6.92 Å². The van der Waals surface area contributed by atoms with Crippen LogP contribution in [0.3, 0.4) is 0 Å². The van der Waals surface area contributed by atoms with Gasteiger partial charge in [0.05, 0.1) is 5.69 Å². The molecule has 0 saturated carbocycles. The first-order chi connectivity index (χ1) is 12.2. The zero-order chi connectivity index (χ0) is 17.2. The van der Waals surface area contributed by atoms with Crippen LogP contribution in [0.2, 0.25) is 0 Å². The molecule has 0 unspecified atom stereocenters. The van der Waals surface area contributed by atoms with E-state index in [1.54, 1.807) is 21.8 Å². The van der Waals surface area contributed by atoms with Gasteiger partial charge in [-0.25, -0.2) is 9.97 Å². The minimum absolute atomic E-state index is 0.0629. The van der Waals surface area contributed by atoms with Gasteiger partial charge in [-0.3, -0.25) is 14.3 Å². The van der Waals surface area contributed by atoms with Gasteiger partial charge in [0.2, 0.25) is 5.16 Å². The molecular weight excluding hydrogens is 354 g/mol. The lowest BCUT2D eigenvalue weighted by molar-refractivity contribution is 0.953. The molecule has 0 fully saturated rings. The number of fused-ring (bicyclic) bond motifs is 1. The molecule has 6 nitrogen and oxygen atoms in total. The van der Waals surface area contributed by atoms with Crippen molar-refractivity contribution in [3.63, 3.8) is 0 Å². The summed E-state index contributed by atoms with van der Waals surface area (Å²) in [6, 6.07) is 11.3. The van der Waals surface area contributed by atoms with Crippen LogP contribution >= 0.6 is 23.1 Å². The Morgan fingerprint density at radius 1 is 1.24 bits per heavy atom. The Hall–Kier alpha value is -2.45. The molecule has 0 aromatic carbocycles. The van der Waals surface area contributed by atoms with E-state index in [9.17, 15) is 4.79 Å². The topological polar surface area (TPSA) is 75.9 Å². The van der Waals surface area contributed by atoms with Gasteiger partial charge < -0.3 is 0 Å². The van der Waals surface area contributed by atoms with Crippen molar-refractivity contribution < 1.29 is 0 Å². The van der Waals surface area contributed by atoms with E-state index in [1.165, 1.54) is 16.6 Å². The fourth-order valence-electron chi connectivity index (χ4n) is 2.58. The lowest BCUT2D eigenvalue weighted by Crippen LogP contribution is -2.17. The third-order valence-corrected chi connectivity index (χ3v) is 5.47. The summed E-state index contributed by atoms with van der Waals surface area (Å²) in [5.74, 6) is 1.39. The maximum absolute atomic E-state index is 12.3. The molecule has 0 bridgehead atoms. The fraction of sp³-hybridized carbons (Fsp3) is 0.176. The molecule has 0 aliphatic carbocycles. The Bertz CT molecular complexity index is 1070. The molecule has 1 N–H and O–H groups in total. The van der Waals surface area contributed by atoms with E-state index in [4.69, 9.17) is 0 Å². The van der Waals surface area contributed by atoms with Crippen molar-refractivity contribution in [3.05, 3.63) is 74.2 Å². The maximum atomic E-state index is 12.3. The number of hydrogen-bond donors (Lipinski definition) is 1. The maximum Gasteiger partial charge on any atom is 0.258 e. The molecule has 0 saturated heterocycles. The molecule has 0 atom stereocenters. The minimum Gasteiger partial charge on any atom is -0.269 e. The van der Waals surface area contributed by atoms with E-state index in [2.05, 4.69) is 26.2 Å². The molecule has 4 aromatic heterocycles. The van der Waals surface area contributed by atoms with Crippen LogP contribution in [-0.4, -0.2) is 24.6 Å². The van der Waals surface area contributed by atoms with E-state index >= 15 is 0 Å². The average Bonchev–Trinajstić information content (AvgIpc) is 3.25. The van der Waals surface area contributed by atoms with Crippen molar-refractivity contribution >= 4 is 28.7 Å². The Morgan fingerprint density at radius 3 is 3.00 bits per heavy atom. The van der Waals surface area contributed by atoms with Gasteiger partial charge >= 0.3 is 0 Å². The molecule has 0 radical (unpaired) electrons. The molecule has 25 heavy (non-hydrogen) atoms. The predicted molar refractivity (Wildman–Crippen MR) is 99.3 cm³/mol. The van der Waals surface area contributed by atoms with Crippen molar-refractivity contribution in [3.8, 4) is 0 Å². The number of hydrogen-bond acceptors (Lipinski definition) is 6. The number of H-pyrrole nitrogens is 1. The van der Waals surface area contributed by atoms with Crippen molar-refractivity contribution in [1.29, 1.82) is 0 Å². The van der Waals surface area contributed by atoms with E-state index in [0.717, 1.165) is 23.6 Å². The number of thioether (sulfide) groups is 1. The number of thiophene rings is 1. The summed E-state index contributed by atoms with van der Waals surface area (Å²) in [7, 11) is 0. The van der Waals surface area contributed by atoms with Gasteiger partial charge in [-0.15, -0.1) is 16.4 Å². The van der Waals surface area contributed by atoms with Crippen LogP contribution in [-0.2, 0) is 12.2 Å². The van der Waals surface area contributed by atoms with Crippen molar-refractivity contribution in [2.24, 2.45) is 0 Å². The summed E-state index contributed by atoms with van der Waals surface area (Å²) in [6.07, 6.45) is 0.750. The molecule has 0 aliphatic heterocycles. The van der Waals surface area contributed by atoms with Gasteiger partial charge in [0.15, 0.2) is 0 Å². The first-order valence-corrected chi connectivity index (χ1v) is 9.60. The number of nitrogens with one attached hydrogen (secondary N) is 1. The molecular formula is C17H15N5OS2. The van der Waals surface area contributed by atoms with Gasteiger partial charge in [-0.2, -0.15) is 0 Å². The summed E-state index contributed by atoms with van der Waals surface area (Å²) in [5.41, 5.74) is 2.20. The standard InChI is InChI=1S/C17H15N5OS2/c1-11-4-2-6-15-18-12(8-16(23)22(11)15)10-25-17-19-14(20-21-17)9-13-5-3-7-24-13/h2-8H,9-10H2,1H3,(H,19,20,21). The molecule has 0 spiro atoms. The van der Waals surface area contributed by atoms with E-state index in [-0.39, 0.29) is 5.56 Å². The highest BCUT2D eigenvalue weighted by Crippen LogP contribution is 2.19. The zero-order valence-electron chi connectivity index (χ0n) is 13.5. The largest absolute Gasteiger partial charge is 0.269 e. The van der Waals surface area contributed by atoms with E-state index in [1.807, 2.05) is 36.6 Å². The van der Waals surface area contributed by atoms with Gasteiger partial charge in [-0.1, -0.05) is 23.9 Å². The van der Waals surface area contributed by atoms with Crippen LogP contribution in [0.5, 0.6) is 0 Å². The van der Waals surface area contributed by atoms with Crippen LogP contribution < -0.4 is 5.56 Å². The highest BCUT2D eigenvalue weighted by Gasteiger charge is 2.08. The van der Waals surface area contributed by atoms with Crippen molar-refractivity contribution in [2.45, 2.75) is 24.3 Å². The molecule has 4 rings (SSSR count). The number of rotatable bonds is 5. The Morgan fingerprint density at radius 2 is 2.16 bits per heavy atom. The number of pyridine rings is 1. The molecule has 4 heterocycles. The normalized spacial score (nSPS) is 11.2. The van der Waals surface area contributed by atoms with Gasteiger partial charge in [0, 0.05) is 28.8 Å². The van der Waals surface area contributed by atoms with Gasteiger partial charge in [0.25, 0.3) is 5.56 Å². The summed E-state index contributed by atoms with van der Waals surface area (Å²) in [4.78, 5) is 22.6. The Balaban J connectivity index is 1.49. The van der Waals surface area contributed by atoms with Crippen LogP contribution in [0.1, 0.15) is 22.1 Å². The molecule has 126 valence electrons. The lowest BCUT2D eigenvalue weighted by Gasteiger charge is -2.05. The Kier molecular flexibility index (Phi) is 4.37. The summed E-state index contributed by atoms with van der Waals surface area (Å²) in [5, 5.41) is 9.91. The average molecular weight is 369 g/mol. The summed E-state index contributed by atoms with van der Waals surface area (Å²) >= 11 is 3.17. The smallest absolute Gasteiger partial charge is 0.258 e. The SMILES string of the molecule is Cc1cccc2nc(CSc3n[nH]c(Cc4cccs4)n3)cc(=O)n12. The third kappa shape index (κ3) is 3.49. The summed E-state index contributed by atoms with van der Waals surface area (Å²) < 4.78 is 1.61. The van der Waals surface area contributed by atoms with E-state index < -0.39 is 0 Å². The van der Waals surface area contributed by atoms with Crippen LogP contribution in [0.25, 0.3) is 5.65 Å². The zero-order valence-corrected chi connectivity index (χ0v) is 15.1. The van der Waals surface area contributed by atoms with Crippen LogP contribution in [0.4, 0.5) is 0 Å². The monoisotopic (exact) mass is 369 g/mol.